The van der Waals surface area contributed by atoms with E-state index < -0.39 is 0 Å². The van der Waals surface area contributed by atoms with Gasteiger partial charge in [-0.15, -0.1) is 0 Å². The van der Waals surface area contributed by atoms with Gasteiger partial charge in [-0.2, -0.15) is 16.9 Å². The van der Waals surface area contributed by atoms with Crippen molar-refractivity contribution >= 4 is 23.5 Å². The average molecular weight is 373 g/mol. The second kappa shape index (κ2) is 7.84. The molecule has 1 aromatic carbocycles. The van der Waals surface area contributed by atoms with Crippen LogP contribution in [0.25, 0.3) is 5.69 Å². The quantitative estimate of drug-likeness (QED) is 0.872. The molecule has 0 unspecified atom stereocenters. The zero-order valence-electron chi connectivity index (χ0n) is 16.0. The summed E-state index contributed by atoms with van der Waals surface area (Å²) in [6.45, 7) is 6.78. The van der Waals surface area contributed by atoms with E-state index in [1.807, 2.05) is 59.9 Å². The van der Waals surface area contributed by atoms with E-state index in [0.717, 1.165) is 29.4 Å². The molecule has 1 aromatic heterocycles. The van der Waals surface area contributed by atoms with Crippen LogP contribution in [0.1, 0.15) is 32.9 Å². The van der Waals surface area contributed by atoms with Gasteiger partial charge in [-0.25, -0.2) is 4.68 Å². The average Bonchev–Trinajstić information content (AvgIpc) is 3.25. The minimum Gasteiger partial charge on any atom is -0.309 e. The van der Waals surface area contributed by atoms with Gasteiger partial charge in [0.15, 0.2) is 0 Å². The molecule has 5 nitrogen and oxygen atoms in total. The molecule has 1 amide bonds. The lowest BCUT2D eigenvalue weighted by Gasteiger charge is -2.22. The Bertz CT molecular complexity index is 745. The van der Waals surface area contributed by atoms with Crippen LogP contribution >= 0.6 is 11.8 Å². The molecule has 1 fully saturated rings. The van der Waals surface area contributed by atoms with Crippen molar-refractivity contribution in [2.45, 2.75) is 38.6 Å². The fourth-order valence-electron chi connectivity index (χ4n) is 3.01. The maximum Gasteiger partial charge on any atom is 0.239 e. The molecule has 1 aliphatic rings. The highest BCUT2D eigenvalue weighted by atomic mass is 32.2. The van der Waals surface area contributed by atoms with E-state index in [-0.39, 0.29) is 11.3 Å². The minimum absolute atomic E-state index is 0.00180. The van der Waals surface area contributed by atoms with Gasteiger partial charge in [0.2, 0.25) is 5.91 Å². The third kappa shape index (κ3) is 4.48. The smallest absolute Gasteiger partial charge is 0.239 e. The molecule has 6 heteroatoms. The van der Waals surface area contributed by atoms with Crippen LogP contribution in [-0.4, -0.2) is 51.7 Å². The Labute approximate surface area is 160 Å². The molecule has 2 heterocycles. The fourth-order valence-corrected chi connectivity index (χ4v) is 4.31. The Kier molecular flexibility index (Phi) is 5.73. The summed E-state index contributed by atoms with van der Waals surface area (Å²) >= 11 is 1.96. The molecule has 1 N–H and O–H groups in total. The van der Waals surface area contributed by atoms with Gasteiger partial charge in [-0.1, -0.05) is 39.0 Å². The lowest BCUT2D eigenvalue weighted by Crippen LogP contribution is -2.38. The third-order valence-corrected chi connectivity index (χ3v) is 5.81. The van der Waals surface area contributed by atoms with E-state index in [2.05, 4.69) is 31.0 Å². The Balaban J connectivity index is 1.79. The van der Waals surface area contributed by atoms with Crippen molar-refractivity contribution in [3.05, 3.63) is 42.1 Å². The second-order valence-electron chi connectivity index (χ2n) is 7.89. The predicted octanol–water partition coefficient (Wildman–Crippen LogP) is 3.55. The molecule has 0 spiro atoms. The van der Waals surface area contributed by atoms with Crippen molar-refractivity contribution in [3.63, 3.8) is 0 Å². The Morgan fingerprint density at radius 2 is 2.08 bits per heavy atom. The summed E-state index contributed by atoms with van der Waals surface area (Å²) in [4.78, 5) is 14.8. The van der Waals surface area contributed by atoms with E-state index in [0.29, 0.717) is 12.6 Å². The van der Waals surface area contributed by atoms with Gasteiger partial charge in [0, 0.05) is 23.3 Å². The summed E-state index contributed by atoms with van der Waals surface area (Å²) in [5.74, 6) is 3.02. The number of nitrogens with one attached hydrogen (secondary N) is 1. The standard InChI is InChI=1S/C20H28N4OS/c1-20(2,3)17-12-18(24(22-17)15-8-6-5-7-9-15)21-19(25)13-23(4)16-10-11-26-14-16/h5-9,12,16H,10-11,13-14H2,1-4H3,(H,21,25)/t16-/m1/s1. The van der Waals surface area contributed by atoms with Crippen molar-refractivity contribution in [1.82, 2.24) is 14.7 Å². The normalized spacial score (nSPS) is 17.7. The van der Waals surface area contributed by atoms with Gasteiger partial charge in [-0.3, -0.25) is 9.69 Å². The number of benzene rings is 1. The molecule has 0 aliphatic carbocycles. The highest BCUT2D eigenvalue weighted by molar-refractivity contribution is 7.99. The van der Waals surface area contributed by atoms with Crippen LogP contribution < -0.4 is 5.32 Å². The van der Waals surface area contributed by atoms with Gasteiger partial charge in [0.05, 0.1) is 17.9 Å². The maximum atomic E-state index is 12.6. The van der Waals surface area contributed by atoms with Crippen molar-refractivity contribution in [2.24, 2.45) is 0 Å². The number of likely N-dealkylation sites (N-methyl/N-ethyl adjacent to an activating group) is 1. The molecule has 2 aromatic rings. The van der Waals surface area contributed by atoms with Crippen molar-refractivity contribution in [2.75, 3.05) is 30.4 Å². The first-order valence-electron chi connectivity index (χ1n) is 9.08. The van der Waals surface area contributed by atoms with Crippen LogP contribution in [-0.2, 0) is 10.2 Å². The summed E-state index contributed by atoms with van der Waals surface area (Å²) in [5, 5.41) is 7.82. The van der Waals surface area contributed by atoms with E-state index in [1.165, 1.54) is 5.75 Å². The van der Waals surface area contributed by atoms with Crippen LogP contribution in [0, 0.1) is 0 Å². The number of nitrogens with zero attached hydrogens (tertiary/aromatic N) is 3. The van der Waals surface area contributed by atoms with E-state index in [4.69, 9.17) is 5.10 Å². The van der Waals surface area contributed by atoms with Crippen LogP contribution in [0.4, 0.5) is 5.82 Å². The monoisotopic (exact) mass is 372 g/mol. The first-order valence-corrected chi connectivity index (χ1v) is 10.2. The van der Waals surface area contributed by atoms with Gasteiger partial charge >= 0.3 is 0 Å². The lowest BCUT2D eigenvalue weighted by atomic mass is 9.92. The highest BCUT2D eigenvalue weighted by Gasteiger charge is 2.24. The van der Waals surface area contributed by atoms with Crippen LogP contribution in [0.5, 0.6) is 0 Å². The molecule has 1 saturated heterocycles. The largest absolute Gasteiger partial charge is 0.309 e. The number of hydrogen-bond acceptors (Lipinski definition) is 4. The molecular weight excluding hydrogens is 344 g/mol. The molecule has 0 radical (unpaired) electrons. The van der Waals surface area contributed by atoms with Gasteiger partial charge in [0.25, 0.3) is 0 Å². The number of thioether (sulfide) groups is 1. The number of carbonyl (C=O) groups excluding carboxylic acids is 1. The second-order valence-corrected chi connectivity index (χ2v) is 9.04. The number of aromatic nitrogens is 2. The minimum atomic E-state index is -0.0859. The molecule has 3 rings (SSSR count). The number of carbonyl (C=O) groups is 1. The van der Waals surface area contributed by atoms with Gasteiger partial charge < -0.3 is 5.32 Å². The van der Waals surface area contributed by atoms with Crippen LogP contribution in [0.3, 0.4) is 0 Å². The third-order valence-electron chi connectivity index (χ3n) is 4.67. The predicted molar refractivity (Wildman–Crippen MR) is 109 cm³/mol. The number of para-hydroxylation sites is 1. The molecule has 0 saturated carbocycles. The summed E-state index contributed by atoms with van der Waals surface area (Å²) in [7, 11) is 2.03. The van der Waals surface area contributed by atoms with E-state index in [1.54, 1.807) is 0 Å². The van der Waals surface area contributed by atoms with Crippen LogP contribution in [0.2, 0.25) is 0 Å². The number of amides is 1. The van der Waals surface area contributed by atoms with Crippen LogP contribution in [0.15, 0.2) is 36.4 Å². The van der Waals surface area contributed by atoms with E-state index >= 15 is 0 Å². The topological polar surface area (TPSA) is 50.2 Å². The van der Waals surface area contributed by atoms with Gasteiger partial charge in [0.1, 0.15) is 5.82 Å². The summed E-state index contributed by atoms with van der Waals surface area (Å²) in [6.07, 6.45) is 1.16. The summed E-state index contributed by atoms with van der Waals surface area (Å²) in [6, 6.07) is 12.4. The zero-order valence-corrected chi connectivity index (χ0v) is 16.8. The molecule has 26 heavy (non-hydrogen) atoms. The molecular formula is C20H28N4OS. The van der Waals surface area contributed by atoms with Gasteiger partial charge in [-0.05, 0) is 31.4 Å². The van der Waals surface area contributed by atoms with E-state index in [9.17, 15) is 4.79 Å². The SMILES string of the molecule is CN(CC(=O)Nc1cc(C(C)(C)C)nn1-c1ccccc1)[C@@H]1CCSC1. The van der Waals surface area contributed by atoms with Crippen molar-refractivity contribution < 1.29 is 4.79 Å². The molecule has 140 valence electrons. The maximum absolute atomic E-state index is 12.6. The highest BCUT2D eigenvalue weighted by Crippen LogP contribution is 2.26. The number of hydrogen-bond donors (Lipinski definition) is 1. The first-order chi connectivity index (χ1) is 12.3. The fraction of sp³-hybridized carbons (Fsp3) is 0.500. The molecule has 1 aliphatic heterocycles. The Morgan fingerprint density at radius 3 is 2.69 bits per heavy atom. The zero-order chi connectivity index (χ0) is 18.7. The van der Waals surface area contributed by atoms with Crippen molar-refractivity contribution in [3.8, 4) is 5.69 Å². The van der Waals surface area contributed by atoms with Crippen molar-refractivity contribution in [1.29, 1.82) is 0 Å². The molecule has 1 atom stereocenters. The molecule has 0 bridgehead atoms. The summed E-state index contributed by atoms with van der Waals surface area (Å²) < 4.78 is 1.82. The Hall–Kier alpha value is -1.79. The lowest BCUT2D eigenvalue weighted by molar-refractivity contribution is -0.117. The first kappa shape index (κ1) is 19.0. The Morgan fingerprint density at radius 1 is 1.35 bits per heavy atom. The summed E-state index contributed by atoms with van der Waals surface area (Å²) in [5.41, 5.74) is 1.81. The number of anilines is 1. The number of rotatable bonds is 5.